The molecule has 1 unspecified atom stereocenters. The van der Waals surface area contributed by atoms with E-state index in [-0.39, 0.29) is 11.3 Å². The lowest BCUT2D eigenvalue weighted by atomic mass is 9.94. The second kappa shape index (κ2) is 10.1. The lowest BCUT2D eigenvalue weighted by Crippen LogP contribution is -2.29. The fourth-order valence-corrected chi connectivity index (χ4v) is 4.31. The van der Waals surface area contributed by atoms with Crippen molar-refractivity contribution in [1.82, 2.24) is 0 Å². The summed E-state index contributed by atoms with van der Waals surface area (Å²) in [6, 6.07) is 19.2. The highest BCUT2D eigenvalue weighted by Crippen LogP contribution is 2.44. The second-order valence-electron chi connectivity index (χ2n) is 8.45. The van der Waals surface area contributed by atoms with Gasteiger partial charge in [-0.15, -0.1) is 0 Å². The number of nitrogens with zero attached hydrogens (tertiary/aromatic N) is 1. The first kappa shape index (κ1) is 24.1. The summed E-state index contributed by atoms with van der Waals surface area (Å²) >= 11 is 0. The molecular formula is C29H29NO5. The molecule has 0 aliphatic carbocycles. The number of carbonyl (C=O) groups is 2. The number of hydrogen-bond donors (Lipinski definition) is 1. The van der Waals surface area contributed by atoms with Gasteiger partial charge in [-0.3, -0.25) is 14.5 Å². The van der Waals surface area contributed by atoms with Crippen molar-refractivity contribution in [2.45, 2.75) is 33.7 Å². The van der Waals surface area contributed by atoms with Crippen LogP contribution >= 0.6 is 0 Å². The summed E-state index contributed by atoms with van der Waals surface area (Å²) < 4.78 is 11.4. The number of ketones is 1. The highest BCUT2D eigenvalue weighted by Gasteiger charge is 2.47. The predicted octanol–water partition coefficient (Wildman–Crippen LogP) is 5.73. The number of aliphatic hydroxyl groups excluding tert-OH is 1. The highest BCUT2D eigenvalue weighted by atomic mass is 16.5. The van der Waals surface area contributed by atoms with Gasteiger partial charge in [0.25, 0.3) is 11.7 Å². The lowest BCUT2D eigenvalue weighted by molar-refractivity contribution is -0.132. The van der Waals surface area contributed by atoms with E-state index in [1.54, 1.807) is 30.3 Å². The van der Waals surface area contributed by atoms with Crippen LogP contribution in [0.5, 0.6) is 11.5 Å². The van der Waals surface area contributed by atoms with Gasteiger partial charge in [0.2, 0.25) is 0 Å². The zero-order valence-corrected chi connectivity index (χ0v) is 20.4. The molecular weight excluding hydrogens is 442 g/mol. The quantitative estimate of drug-likeness (QED) is 0.271. The Bertz CT molecular complexity index is 1290. The summed E-state index contributed by atoms with van der Waals surface area (Å²) in [7, 11) is 0. The molecule has 0 spiro atoms. The van der Waals surface area contributed by atoms with E-state index in [0.29, 0.717) is 36.0 Å². The van der Waals surface area contributed by atoms with Gasteiger partial charge in [0.1, 0.15) is 5.76 Å². The Kier molecular flexibility index (Phi) is 6.92. The molecule has 1 N–H and O–H groups in total. The Morgan fingerprint density at radius 1 is 0.857 bits per heavy atom. The van der Waals surface area contributed by atoms with Gasteiger partial charge in [0, 0.05) is 17.3 Å². The van der Waals surface area contributed by atoms with E-state index in [2.05, 4.69) is 0 Å². The number of carbonyl (C=O) groups excluding carboxylic acids is 2. The maximum atomic E-state index is 13.4. The Morgan fingerprint density at radius 2 is 1.54 bits per heavy atom. The van der Waals surface area contributed by atoms with E-state index in [1.165, 1.54) is 4.90 Å². The van der Waals surface area contributed by atoms with Crippen LogP contribution in [0.1, 0.15) is 42.1 Å². The fourth-order valence-electron chi connectivity index (χ4n) is 4.31. The Hall–Kier alpha value is -4.06. The third-order valence-electron chi connectivity index (χ3n) is 5.93. The molecule has 0 saturated carbocycles. The molecule has 35 heavy (non-hydrogen) atoms. The number of aryl methyl sites for hydroxylation is 2. The average molecular weight is 472 g/mol. The summed E-state index contributed by atoms with van der Waals surface area (Å²) in [5, 5.41) is 11.3. The first-order chi connectivity index (χ1) is 16.8. The van der Waals surface area contributed by atoms with E-state index >= 15 is 0 Å². The third kappa shape index (κ3) is 4.64. The minimum atomic E-state index is -0.802. The number of hydrogen-bond acceptors (Lipinski definition) is 5. The van der Waals surface area contributed by atoms with Crippen molar-refractivity contribution in [2.75, 3.05) is 18.1 Å². The average Bonchev–Trinajstić information content (AvgIpc) is 3.11. The van der Waals surface area contributed by atoms with Gasteiger partial charge in [-0.05, 0) is 45.4 Å². The molecule has 1 fully saturated rings. The van der Waals surface area contributed by atoms with Gasteiger partial charge in [-0.25, -0.2) is 0 Å². The van der Waals surface area contributed by atoms with Crippen molar-refractivity contribution >= 4 is 23.1 Å². The molecule has 4 rings (SSSR count). The molecule has 6 heteroatoms. The molecule has 0 radical (unpaired) electrons. The molecule has 6 nitrogen and oxygen atoms in total. The summed E-state index contributed by atoms with van der Waals surface area (Å²) in [6.07, 6.45) is 0. The lowest BCUT2D eigenvalue weighted by Gasteiger charge is -2.26. The topological polar surface area (TPSA) is 76.1 Å². The summed E-state index contributed by atoms with van der Waals surface area (Å²) in [6.45, 7) is 8.51. The number of Topliss-reactive ketones (excluding diaryl/α,β-unsaturated/α-hetero) is 1. The van der Waals surface area contributed by atoms with Crippen LogP contribution in [0.2, 0.25) is 0 Å². The molecule has 0 bridgehead atoms. The number of anilines is 1. The SMILES string of the molecule is CCOc1ccc(N2C(=O)C(=O)/C(=C(/O)c3ccc(C)cc3)C2c2cccc(C)c2)cc1OCC. The van der Waals surface area contributed by atoms with Gasteiger partial charge in [-0.2, -0.15) is 0 Å². The number of ether oxygens (including phenoxy) is 2. The number of rotatable bonds is 7. The van der Waals surface area contributed by atoms with Crippen molar-refractivity contribution in [2.24, 2.45) is 0 Å². The van der Waals surface area contributed by atoms with Crippen LogP contribution in [0.15, 0.2) is 72.3 Å². The number of aliphatic hydroxyl groups is 1. The first-order valence-corrected chi connectivity index (χ1v) is 11.7. The van der Waals surface area contributed by atoms with Crippen molar-refractivity contribution < 1.29 is 24.2 Å². The van der Waals surface area contributed by atoms with Gasteiger partial charge < -0.3 is 14.6 Å². The van der Waals surface area contributed by atoms with Crippen LogP contribution in [0.3, 0.4) is 0 Å². The molecule has 1 heterocycles. The Labute approximate surface area is 205 Å². The minimum absolute atomic E-state index is 0.0521. The van der Waals surface area contributed by atoms with Crippen molar-refractivity contribution in [1.29, 1.82) is 0 Å². The summed E-state index contributed by atoms with van der Waals surface area (Å²) in [5.74, 6) is -0.608. The number of amides is 1. The molecule has 0 aromatic heterocycles. The van der Waals surface area contributed by atoms with E-state index in [9.17, 15) is 14.7 Å². The minimum Gasteiger partial charge on any atom is -0.507 e. The molecule has 180 valence electrons. The van der Waals surface area contributed by atoms with Crippen LogP contribution in [0, 0.1) is 13.8 Å². The molecule has 1 atom stereocenters. The molecule has 3 aromatic carbocycles. The molecule has 3 aromatic rings. The van der Waals surface area contributed by atoms with E-state index in [0.717, 1.165) is 16.7 Å². The van der Waals surface area contributed by atoms with Crippen LogP contribution in [0.25, 0.3) is 5.76 Å². The normalized spacial score (nSPS) is 17.0. The van der Waals surface area contributed by atoms with Crippen LogP contribution in [-0.2, 0) is 9.59 Å². The van der Waals surface area contributed by atoms with Crippen LogP contribution in [0.4, 0.5) is 5.69 Å². The van der Waals surface area contributed by atoms with Gasteiger partial charge in [0.05, 0.1) is 24.8 Å². The molecule has 1 aliphatic rings. The van der Waals surface area contributed by atoms with Crippen molar-refractivity contribution in [3.8, 4) is 11.5 Å². The summed E-state index contributed by atoms with van der Waals surface area (Å²) in [5.41, 5.74) is 3.74. The van der Waals surface area contributed by atoms with Gasteiger partial charge in [0.15, 0.2) is 11.5 Å². The predicted molar refractivity (Wildman–Crippen MR) is 136 cm³/mol. The zero-order valence-electron chi connectivity index (χ0n) is 20.4. The molecule has 1 saturated heterocycles. The third-order valence-corrected chi connectivity index (χ3v) is 5.93. The van der Waals surface area contributed by atoms with Crippen LogP contribution in [-0.4, -0.2) is 30.0 Å². The van der Waals surface area contributed by atoms with Crippen molar-refractivity contribution in [3.05, 3.63) is 94.6 Å². The van der Waals surface area contributed by atoms with Gasteiger partial charge >= 0.3 is 0 Å². The molecule has 1 aliphatic heterocycles. The van der Waals surface area contributed by atoms with Gasteiger partial charge in [-0.1, -0.05) is 59.7 Å². The smallest absolute Gasteiger partial charge is 0.300 e. The Balaban J connectivity index is 1.92. The molecule has 1 amide bonds. The fraction of sp³-hybridized carbons (Fsp3) is 0.241. The Morgan fingerprint density at radius 3 is 2.20 bits per heavy atom. The zero-order chi connectivity index (χ0) is 25.1. The monoisotopic (exact) mass is 471 g/mol. The van der Waals surface area contributed by atoms with E-state index in [1.807, 2.05) is 64.1 Å². The van der Waals surface area contributed by atoms with E-state index in [4.69, 9.17) is 9.47 Å². The second-order valence-corrected chi connectivity index (χ2v) is 8.45. The van der Waals surface area contributed by atoms with Crippen LogP contribution < -0.4 is 14.4 Å². The van der Waals surface area contributed by atoms with Crippen molar-refractivity contribution in [3.63, 3.8) is 0 Å². The maximum Gasteiger partial charge on any atom is 0.300 e. The highest BCUT2D eigenvalue weighted by molar-refractivity contribution is 6.51. The summed E-state index contributed by atoms with van der Waals surface area (Å²) in [4.78, 5) is 28.2. The largest absolute Gasteiger partial charge is 0.507 e. The number of benzene rings is 3. The first-order valence-electron chi connectivity index (χ1n) is 11.7. The standard InChI is InChI=1S/C29H29NO5/c1-5-34-23-15-14-22(17-24(23)35-6-2)30-26(21-9-7-8-19(4)16-21)25(28(32)29(30)33)27(31)20-12-10-18(3)11-13-20/h7-17,26,31H,5-6H2,1-4H3/b27-25+. The van der Waals surface area contributed by atoms with E-state index < -0.39 is 17.7 Å². The maximum absolute atomic E-state index is 13.4.